The van der Waals surface area contributed by atoms with Crippen molar-refractivity contribution in [3.8, 4) is 5.95 Å². The summed E-state index contributed by atoms with van der Waals surface area (Å²) in [5.74, 6) is 0.399. The topological polar surface area (TPSA) is 81.0 Å². The molecule has 2 aromatic carbocycles. The number of benzene rings is 2. The molecular formula is C23H23F2N7O. The Morgan fingerprint density at radius 2 is 1.58 bits per heavy atom. The van der Waals surface area contributed by atoms with Crippen LogP contribution in [0, 0.1) is 0 Å². The van der Waals surface area contributed by atoms with Gasteiger partial charge in [-0.1, -0.05) is 42.5 Å². The monoisotopic (exact) mass is 451 g/mol. The third kappa shape index (κ3) is 4.34. The molecule has 170 valence electrons. The van der Waals surface area contributed by atoms with Crippen molar-refractivity contribution in [2.75, 3.05) is 36.5 Å². The minimum absolute atomic E-state index is 0.0956. The molecule has 0 bridgehead atoms. The van der Waals surface area contributed by atoms with Crippen molar-refractivity contribution in [3.63, 3.8) is 0 Å². The molecule has 33 heavy (non-hydrogen) atoms. The molecule has 5 rings (SSSR count). The Hall–Kier alpha value is -3.66. The molecule has 3 heterocycles. The number of hydrogen-bond donors (Lipinski definition) is 1. The summed E-state index contributed by atoms with van der Waals surface area (Å²) in [6, 6.07) is 16.7. The maximum Gasteiger partial charge on any atom is 0.296 e. The van der Waals surface area contributed by atoms with Crippen LogP contribution in [0.4, 0.5) is 20.7 Å². The van der Waals surface area contributed by atoms with Crippen LogP contribution >= 0.6 is 0 Å². The summed E-state index contributed by atoms with van der Waals surface area (Å²) in [6.45, 7) is 4.28. The Morgan fingerprint density at radius 3 is 2.33 bits per heavy atom. The molecule has 10 heteroatoms. The Bertz CT molecular complexity index is 1240. The molecular weight excluding hydrogens is 428 g/mol. The highest BCUT2D eigenvalue weighted by Gasteiger charge is 2.24. The van der Waals surface area contributed by atoms with Gasteiger partial charge in [-0.2, -0.15) is 15.0 Å². The number of aromatic nitrogens is 5. The molecule has 0 radical (unpaired) electrons. The van der Waals surface area contributed by atoms with Crippen molar-refractivity contribution in [1.82, 2.24) is 24.5 Å². The second kappa shape index (κ2) is 9.07. The summed E-state index contributed by atoms with van der Waals surface area (Å²) in [4.78, 5) is 19.8. The first-order valence-electron chi connectivity index (χ1n) is 10.8. The maximum atomic E-state index is 13.9. The highest BCUT2D eigenvalue weighted by molar-refractivity contribution is 5.77. The first-order valence-corrected chi connectivity index (χ1v) is 10.8. The van der Waals surface area contributed by atoms with Crippen molar-refractivity contribution in [1.29, 1.82) is 0 Å². The zero-order chi connectivity index (χ0) is 22.8. The summed E-state index contributed by atoms with van der Waals surface area (Å²) in [5.41, 5.74) is 2.01. The Kier molecular flexibility index (Phi) is 5.82. The predicted molar refractivity (Wildman–Crippen MR) is 121 cm³/mol. The van der Waals surface area contributed by atoms with E-state index in [0.717, 1.165) is 5.56 Å². The number of para-hydroxylation sites is 2. The lowest BCUT2D eigenvalue weighted by Gasteiger charge is -2.27. The van der Waals surface area contributed by atoms with Crippen LogP contribution in [0.2, 0.25) is 0 Å². The first-order chi connectivity index (χ1) is 16.1. The van der Waals surface area contributed by atoms with Gasteiger partial charge in [-0.3, -0.25) is 4.57 Å². The highest BCUT2D eigenvalue weighted by atomic mass is 19.3. The van der Waals surface area contributed by atoms with Crippen LogP contribution in [0.15, 0.2) is 54.6 Å². The average Bonchev–Trinajstić information content (AvgIpc) is 3.25. The third-order valence-corrected chi connectivity index (χ3v) is 5.53. The van der Waals surface area contributed by atoms with Crippen LogP contribution in [0.25, 0.3) is 17.0 Å². The fourth-order valence-corrected chi connectivity index (χ4v) is 3.84. The molecule has 0 aliphatic carbocycles. The van der Waals surface area contributed by atoms with Crippen molar-refractivity contribution in [2.24, 2.45) is 0 Å². The fraction of sp³-hybridized carbons (Fsp3) is 0.304. The molecule has 2 aromatic heterocycles. The van der Waals surface area contributed by atoms with Gasteiger partial charge >= 0.3 is 0 Å². The summed E-state index contributed by atoms with van der Waals surface area (Å²) in [5, 5.41) is 3.30. The number of rotatable bonds is 6. The Balaban J connectivity index is 1.62. The fourth-order valence-electron chi connectivity index (χ4n) is 3.84. The van der Waals surface area contributed by atoms with Gasteiger partial charge in [-0.25, -0.2) is 13.8 Å². The number of morpholine rings is 1. The molecule has 1 saturated heterocycles. The van der Waals surface area contributed by atoms with E-state index in [9.17, 15) is 8.78 Å². The number of ether oxygens (including phenoxy) is 1. The lowest BCUT2D eigenvalue weighted by atomic mass is 10.1. The second-order valence-electron chi connectivity index (χ2n) is 7.73. The lowest BCUT2D eigenvalue weighted by Crippen LogP contribution is -2.37. The number of nitrogens with zero attached hydrogens (tertiary/aromatic N) is 6. The molecule has 0 saturated carbocycles. The molecule has 1 N–H and O–H groups in total. The molecule has 1 atom stereocenters. The standard InChI is InChI=1S/C23H23F2N7O/c1-15(16-7-3-2-4-8-16)26-21-28-22(31-11-13-33-14-12-31)30-23(29-21)32-18-10-6-5-9-17(18)27-20(32)19(24)25/h2-10,15,19H,11-14H2,1H3,(H,26,28,29,30). The van der Waals surface area contributed by atoms with Crippen LogP contribution in [0.3, 0.4) is 0 Å². The number of hydrogen-bond acceptors (Lipinski definition) is 7. The summed E-state index contributed by atoms with van der Waals surface area (Å²) < 4.78 is 34.6. The largest absolute Gasteiger partial charge is 0.378 e. The second-order valence-corrected chi connectivity index (χ2v) is 7.73. The van der Waals surface area contributed by atoms with E-state index in [1.54, 1.807) is 24.3 Å². The molecule has 8 nitrogen and oxygen atoms in total. The molecule has 0 amide bonds. The molecule has 4 aromatic rings. The van der Waals surface area contributed by atoms with E-state index in [1.807, 2.05) is 42.2 Å². The maximum absolute atomic E-state index is 13.9. The van der Waals surface area contributed by atoms with E-state index in [2.05, 4.69) is 25.3 Å². The van der Waals surface area contributed by atoms with Gasteiger partial charge < -0.3 is 15.0 Å². The Labute approximate surface area is 189 Å². The smallest absolute Gasteiger partial charge is 0.296 e. The quantitative estimate of drug-likeness (QED) is 0.472. The summed E-state index contributed by atoms with van der Waals surface area (Å²) in [6.07, 6.45) is -2.79. The molecule has 1 aliphatic heterocycles. The van der Waals surface area contributed by atoms with Gasteiger partial charge in [-0.05, 0) is 24.6 Å². The molecule has 1 fully saturated rings. The van der Waals surface area contributed by atoms with E-state index >= 15 is 0 Å². The molecule has 0 spiro atoms. The van der Waals surface area contributed by atoms with Gasteiger partial charge in [-0.15, -0.1) is 0 Å². The summed E-state index contributed by atoms with van der Waals surface area (Å²) >= 11 is 0. The molecule has 1 aliphatic rings. The van der Waals surface area contributed by atoms with E-state index in [0.29, 0.717) is 49.2 Å². The summed E-state index contributed by atoms with van der Waals surface area (Å²) in [7, 11) is 0. The third-order valence-electron chi connectivity index (χ3n) is 5.53. The van der Waals surface area contributed by atoms with Crippen molar-refractivity contribution >= 4 is 22.9 Å². The van der Waals surface area contributed by atoms with Crippen LogP contribution in [-0.4, -0.2) is 50.8 Å². The normalized spacial score (nSPS) is 15.2. The highest BCUT2D eigenvalue weighted by Crippen LogP contribution is 2.28. The average molecular weight is 451 g/mol. The molecule has 1 unspecified atom stereocenters. The van der Waals surface area contributed by atoms with E-state index in [1.165, 1.54) is 4.57 Å². The minimum Gasteiger partial charge on any atom is -0.378 e. The van der Waals surface area contributed by atoms with Crippen molar-refractivity contribution in [2.45, 2.75) is 19.4 Å². The zero-order valence-corrected chi connectivity index (χ0v) is 18.0. The van der Waals surface area contributed by atoms with Crippen LogP contribution in [-0.2, 0) is 4.74 Å². The SMILES string of the molecule is CC(Nc1nc(N2CCOCC2)nc(-n2c(C(F)F)nc3ccccc32)n1)c1ccccc1. The van der Waals surface area contributed by atoms with Gasteiger partial charge in [0, 0.05) is 13.1 Å². The number of halogens is 2. The van der Waals surface area contributed by atoms with Crippen LogP contribution in [0.5, 0.6) is 0 Å². The number of fused-ring (bicyclic) bond motifs is 1. The van der Waals surface area contributed by atoms with Gasteiger partial charge in [0.2, 0.25) is 17.8 Å². The van der Waals surface area contributed by atoms with Gasteiger partial charge in [0.1, 0.15) is 0 Å². The van der Waals surface area contributed by atoms with Gasteiger partial charge in [0.15, 0.2) is 5.82 Å². The lowest BCUT2D eigenvalue weighted by molar-refractivity contribution is 0.122. The van der Waals surface area contributed by atoms with Crippen molar-refractivity contribution < 1.29 is 13.5 Å². The minimum atomic E-state index is -2.79. The van der Waals surface area contributed by atoms with Gasteiger partial charge in [0.25, 0.3) is 6.43 Å². The zero-order valence-electron chi connectivity index (χ0n) is 18.0. The first kappa shape index (κ1) is 21.2. The van der Waals surface area contributed by atoms with Crippen LogP contribution < -0.4 is 10.2 Å². The van der Waals surface area contributed by atoms with Crippen LogP contribution in [0.1, 0.15) is 30.8 Å². The number of anilines is 2. The Morgan fingerprint density at radius 1 is 0.879 bits per heavy atom. The van der Waals surface area contributed by atoms with Crippen molar-refractivity contribution in [3.05, 3.63) is 66.0 Å². The number of nitrogens with one attached hydrogen (secondary N) is 1. The van der Waals surface area contributed by atoms with E-state index < -0.39 is 12.2 Å². The number of imidazole rings is 1. The van der Waals surface area contributed by atoms with E-state index in [4.69, 9.17) is 4.74 Å². The van der Waals surface area contributed by atoms with E-state index in [-0.39, 0.29) is 12.0 Å². The predicted octanol–water partition coefficient (Wildman–Crippen LogP) is 4.16. The van der Waals surface area contributed by atoms with Gasteiger partial charge in [0.05, 0.1) is 30.3 Å². The number of alkyl halides is 2.